The lowest BCUT2D eigenvalue weighted by atomic mass is 10.1. The van der Waals surface area contributed by atoms with E-state index in [9.17, 15) is 9.90 Å². The van der Waals surface area contributed by atoms with Crippen LogP contribution in [-0.4, -0.2) is 35.0 Å². The van der Waals surface area contributed by atoms with Crippen molar-refractivity contribution < 1.29 is 19.7 Å². The minimum Gasteiger partial charge on any atom is -0.463 e. The number of aliphatic hydroxyl groups excluding tert-OH is 2. The SMILES string of the molecule is CCCCCCCC(O)CC(=O)OCC(C)O. The summed E-state index contributed by atoms with van der Waals surface area (Å²) in [7, 11) is 0. The quantitative estimate of drug-likeness (QED) is 0.457. The third kappa shape index (κ3) is 11.6. The highest BCUT2D eigenvalue weighted by molar-refractivity contribution is 5.69. The fraction of sp³-hybridized carbons (Fsp3) is 0.923. The molecule has 0 saturated heterocycles. The summed E-state index contributed by atoms with van der Waals surface area (Å²) in [5.74, 6) is -0.438. The molecule has 0 aliphatic rings. The Kier molecular flexibility index (Phi) is 10.2. The summed E-state index contributed by atoms with van der Waals surface area (Å²) in [5.41, 5.74) is 0. The molecule has 2 unspecified atom stereocenters. The molecule has 2 N–H and O–H groups in total. The van der Waals surface area contributed by atoms with Gasteiger partial charge in [0.1, 0.15) is 6.61 Å². The van der Waals surface area contributed by atoms with E-state index >= 15 is 0 Å². The maximum atomic E-state index is 11.2. The summed E-state index contributed by atoms with van der Waals surface area (Å²) < 4.78 is 4.77. The third-order valence-electron chi connectivity index (χ3n) is 2.53. The van der Waals surface area contributed by atoms with Gasteiger partial charge < -0.3 is 14.9 Å². The molecule has 4 heteroatoms. The van der Waals surface area contributed by atoms with Gasteiger partial charge in [-0.05, 0) is 13.3 Å². The second kappa shape index (κ2) is 10.5. The van der Waals surface area contributed by atoms with Crippen molar-refractivity contribution in [2.24, 2.45) is 0 Å². The molecule has 0 radical (unpaired) electrons. The van der Waals surface area contributed by atoms with Crippen molar-refractivity contribution in [1.29, 1.82) is 0 Å². The lowest BCUT2D eigenvalue weighted by Gasteiger charge is -2.11. The van der Waals surface area contributed by atoms with E-state index in [0.29, 0.717) is 6.42 Å². The summed E-state index contributed by atoms with van der Waals surface area (Å²) in [6.07, 6.45) is 5.09. The first kappa shape index (κ1) is 16.4. The Morgan fingerprint density at radius 3 is 2.41 bits per heavy atom. The van der Waals surface area contributed by atoms with Crippen molar-refractivity contribution in [2.45, 2.75) is 71.0 Å². The average Bonchev–Trinajstić information content (AvgIpc) is 2.26. The zero-order chi connectivity index (χ0) is 13.1. The van der Waals surface area contributed by atoms with Crippen molar-refractivity contribution in [3.8, 4) is 0 Å². The molecule has 0 rings (SSSR count). The summed E-state index contributed by atoms with van der Waals surface area (Å²) in [6.45, 7) is 3.71. The molecule has 0 heterocycles. The summed E-state index contributed by atoms with van der Waals surface area (Å²) in [5, 5.41) is 18.5. The maximum Gasteiger partial charge on any atom is 0.308 e. The number of carbonyl (C=O) groups excluding carboxylic acids is 1. The van der Waals surface area contributed by atoms with E-state index in [2.05, 4.69) is 6.92 Å². The normalized spacial score (nSPS) is 14.4. The first-order valence-corrected chi connectivity index (χ1v) is 6.58. The molecule has 0 aromatic carbocycles. The molecule has 17 heavy (non-hydrogen) atoms. The highest BCUT2D eigenvalue weighted by Crippen LogP contribution is 2.09. The average molecular weight is 246 g/mol. The fourth-order valence-electron chi connectivity index (χ4n) is 1.55. The largest absolute Gasteiger partial charge is 0.463 e. The van der Waals surface area contributed by atoms with Crippen molar-refractivity contribution in [2.75, 3.05) is 6.61 Å². The smallest absolute Gasteiger partial charge is 0.308 e. The van der Waals surface area contributed by atoms with Gasteiger partial charge in [0.05, 0.1) is 18.6 Å². The van der Waals surface area contributed by atoms with Crippen LogP contribution in [-0.2, 0) is 9.53 Å². The monoisotopic (exact) mass is 246 g/mol. The van der Waals surface area contributed by atoms with Gasteiger partial charge in [-0.15, -0.1) is 0 Å². The first-order chi connectivity index (χ1) is 8.06. The van der Waals surface area contributed by atoms with Crippen molar-refractivity contribution in [3.05, 3.63) is 0 Å². The van der Waals surface area contributed by atoms with Crippen LogP contribution in [0.25, 0.3) is 0 Å². The molecule has 2 atom stereocenters. The van der Waals surface area contributed by atoms with Crippen LogP contribution in [0, 0.1) is 0 Å². The van der Waals surface area contributed by atoms with Gasteiger partial charge in [0.25, 0.3) is 0 Å². The highest BCUT2D eigenvalue weighted by Gasteiger charge is 2.12. The summed E-state index contributed by atoms with van der Waals surface area (Å²) in [4.78, 5) is 11.2. The number of esters is 1. The number of hydrogen-bond acceptors (Lipinski definition) is 4. The van der Waals surface area contributed by atoms with Crippen LogP contribution in [0.4, 0.5) is 0 Å². The second-order valence-corrected chi connectivity index (χ2v) is 4.59. The highest BCUT2D eigenvalue weighted by atomic mass is 16.5. The van der Waals surface area contributed by atoms with Crippen LogP contribution in [0.1, 0.15) is 58.8 Å². The zero-order valence-corrected chi connectivity index (χ0v) is 11.0. The Morgan fingerprint density at radius 1 is 1.18 bits per heavy atom. The number of hydrogen-bond donors (Lipinski definition) is 2. The van der Waals surface area contributed by atoms with E-state index in [1.54, 1.807) is 6.92 Å². The maximum absolute atomic E-state index is 11.2. The van der Waals surface area contributed by atoms with Gasteiger partial charge in [-0.3, -0.25) is 4.79 Å². The lowest BCUT2D eigenvalue weighted by Crippen LogP contribution is -2.20. The molecule has 0 amide bonds. The van der Waals surface area contributed by atoms with Crippen molar-refractivity contribution in [1.82, 2.24) is 0 Å². The van der Waals surface area contributed by atoms with E-state index in [0.717, 1.165) is 12.8 Å². The van der Waals surface area contributed by atoms with Gasteiger partial charge in [0.2, 0.25) is 0 Å². The lowest BCUT2D eigenvalue weighted by molar-refractivity contribution is -0.148. The Morgan fingerprint density at radius 2 is 1.82 bits per heavy atom. The summed E-state index contributed by atoms with van der Waals surface area (Å²) in [6, 6.07) is 0. The van der Waals surface area contributed by atoms with Gasteiger partial charge >= 0.3 is 5.97 Å². The van der Waals surface area contributed by atoms with Crippen molar-refractivity contribution >= 4 is 5.97 Å². The molecule has 0 aromatic rings. The van der Waals surface area contributed by atoms with Crippen LogP contribution in [0.2, 0.25) is 0 Å². The number of carbonyl (C=O) groups is 1. The third-order valence-corrected chi connectivity index (χ3v) is 2.53. The molecular weight excluding hydrogens is 220 g/mol. The Labute approximate surface area is 104 Å². The molecule has 0 bridgehead atoms. The van der Waals surface area contributed by atoms with Crippen LogP contribution in [0.15, 0.2) is 0 Å². The minimum atomic E-state index is -0.648. The first-order valence-electron chi connectivity index (χ1n) is 6.58. The number of rotatable bonds is 10. The number of ether oxygens (including phenoxy) is 1. The molecular formula is C13H26O4. The molecule has 0 aliphatic heterocycles. The van der Waals surface area contributed by atoms with E-state index < -0.39 is 18.2 Å². The molecule has 4 nitrogen and oxygen atoms in total. The van der Waals surface area contributed by atoms with Crippen molar-refractivity contribution in [3.63, 3.8) is 0 Å². The van der Waals surface area contributed by atoms with Crippen LogP contribution in [0.5, 0.6) is 0 Å². The van der Waals surface area contributed by atoms with Gasteiger partial charge in [-0.2, -0.15) is 0 Å². The Bertz CT molecular complexity index is 192. The zero-order valence-electron chi connectivity index (χ0n) is 11.0. The molecule has 0 spiro atoms. The van der Waals surface area contributed by atoms with Gasteiger partial charge in [0, 0.05) is 0 Å². The molecule has 0 aliphatic carbocycles. The van der Waals surface area contributed by atoms with Crippen LogP contribution >= 0.6 is 0 Å². The van der Waals surface area contributed by atoms with Gasteiger partial charge in [-0.1, -0.05) is 39.0 Å². The topological polar surface area (TPSA) is 66.8 Å². The summed E-state index contributed by atoms with van der Waals surface area (Å²) >= 11 is 0. The number of aliphatic hydroxyl groups is 2. The fourth-order valence-corrected chi connectivity index (χ4v) is 1.55. The standard InChI is InChI=1S/C13H26O4/c1-3-4-5-6-7-8-12(15)9-13(16)17-10-11(2)14/h11-12,14-15H,3-10H2,1-2H3. The number of unbranched alkanes of at least 4 members (excludes halogenated alkanes) is 4. The minimum absolute atomic E-state index is 0.00204. The molecule has 0 aromatic heterocycles. The van der Waals surface area contributed by atoms with E-state index in [1.807, 2.05) is 0 Å². The van der Waals surface area contributed by atoms with Crippen LogP contribution in [0.3, 0.4) is 0 Å². The van der Waals surface area contributed by atoms with E-state index in [-0.39, 0.29) is 13.0 Å². The van der Waals surface area contributed by atoms with E-state index in [4.69, 9.17) is 9.84 Å². The predicted molar refractivity (Wildman–Crippen MR) is 66.6 cm³/mol. The molecule has 102 valence electrons. The Balaban J connectivity index is 3.44. The van der Waals surface area contributed by atoms with Crippen LogP contribution < -0.4 is 0 Å². The van der Waals surface area contributed by atoms with Gasteiger partial charge in [-0.25, -0.2) is 0 Å². The second-order valence-electron chi connectivity index (χ2n) is 4.59. The van der Waals surface area contributed by atoms with E-state index in [1.165, 1.54) is 19.3 Å². The molecule has 0 fully saturated rings. The predicted octanol–water partition coefficient (Wildman–Crippen LogP) is 2.02. The van der Waals surface area contributed by atoms with Gasteiger partial charge in [0.15, 0.2) is 0 Å². The molecule has 0 saturated carbocycles. The Hall–Kier alpha value is -0.610.